The number of halogens is 1. The van der Waals surface area contributed by atoms with Gasteiger partial charge in [0.25, 0.3) is 0 Å². The number of ether oxygens (including phenoxy) is 2. The Morgan fingerprint density at radius 1 is 1.07 bits per heavy atom. The van der Waals surface area contributed by atoms with Crippen molar-refractivity contribution >= 4 is 5.69 Å². The highest BCUT2D eigenvalue weighted by Gasteiger charge is 2.17. The zero-order valence-corrected chi connectivity index (χ0v) is 15.2. The van der Waals surface area contributed by atoms with Crippen molar-refractivity contribution < 1.29 is 18.4 Å². The van der Waals surface area contributed by atoms with Crippen LogP contribution in [0.1, 0.15) is 30.8 Å². The normalized spacial score (nSPS) is 14.5. The molecule has 27 heavy (non-hydrogen) atoms. The monoisotopic (exact) mass is 369 g/mol. The van der Waals surface area contributed by atoms with E-state index >= 15 is 0 Å². The number of nitrogens with one attached hydrogen (secondary N) is 1. The first-order chi connectivity index (χ1) is 13.1. The van der Waals surface area contributed by atoms with Crippen molar-refractivity contribution in [1.29, 1.82) is 0 Å². The van der Waals surface area contributed by atoms with Crippen molar-refractivity contribution in [2.24, 2.45) is 0 Å². The first-order valence-electron chi connectivity index (χ1n) is 8.86. The zero-order valence-electron chi connectivity index (χ0n) is 15.2. The minimum absolute atomic E-state index is 0.230. The van der Waals surface area contributed by atoms with E-state index in [0.717, 1.165) is 17.9 Å². The van der Waals surface area contributed by atoms with Crippen LogP contribution in [0.4, 0.5) is 10.1 Å². The lowest BCUT2D eigenvalue weighted by Gasteiger charge is -2.13. The summed E-state index contributed by atoms with van der Waals surface area (Å²) in [6.07, 6.45) is 0.859. The third-order valence-electron chi connectivity index (χ3n) is 4.37. The van der Waals surface area contributed by atoms with Gasteiger partial charge >= 0.3 is 0 Å². The average Bonchev–Trinajstić information content (AvgIpc) is 3.04. The molecule has 2 heterocycles. The molecule has 140 valence electrons. The second-order valence-corrected chi connectivity index (χ2v) is 6.50. The van der Waals surface area contributed by atoms with Crippen LogP contribution in [0, 0.1) is 12.7 Å². The summed E-state index contributed by atoms with van der Waals surface area (Å²) < 4.78 is 30.5. The van der Waals surface area contributed by atoms with Crippen LogP contribution in [0.2, 0.25) is 0 Å². The van der Waals surface area contributed by atoms with Crippen LogP contribution in [0.3, 0.4) is 0 Å². The summed E-state index contributed by atoms with van der Waals surface area (Å²) in [4.78, 5) is 4.39. The lowest BCUT2D eigenvalue weighted by atomic mass is 10.1. The highest BCUT2D eigenvalue weighted by Crippen LogP contribution is 2.33. The van der Waals surface area contributed by atoms with Crippen LogP contribution < -0.4 is 14.8 Å². The molecule has 4 rings (SSSR count). The number of rotatable bonds is 4. The van der Waals surface area contributed by atoms with E-state index in [1.54, 1.807) is 19.1 Å². The number of aromatic nitrogens is 2. The molecule has 0 radical (unpaired) electrons. The molecule has 3 aromatic rings. The Balaban J connectivity index is 1.50. The van der Waals surface area contributed by atoms with E-state index in [2.05, 4.69) is 15.5 Å². The van der Waals surface area contributed by atoms with Crippen LogP contribution in [-0.4, -0.2) is 23.4 Å². The van der Waals surface area contributed by atoms with Gasteiger partial charge in [-0.05, 0) is 37.6 Å². The lowest BCUT2D eigenvalue weighted by molar-refractivity contribution is 0.297. The van der Waals surface area contributed by atoms with Crippen molar-refractivity contribution in [3.05, 3.63) is 53.7 Å². The van der Waals surface area contributed by atoms with Crippen molar-refractivity contribution in [3.63, 3.8) is 0 Å². The van der Waals surface area contributed by atoms with Gasteiger partial charge in [-0.2, -0.15) is 4.98 Å². The molecular formula is C20H20FN3O3. The summed E-state index contributed by atoms with van der Waals surface area (Å²) in [5.74, 6) is 1.93. The van der Waals surface area contributed by atoms with Gasteiger partial charge in [-0.15, -0.1) is 0 Å². The van der Waals surface area contributed by atoms with Gasteiger partial charge in [0.2, 0.25) is 11.7 Å². The Bertz CT molecular complexity index is 957. The maximum Gasteiger partial charge on any atom is 0.249 e. The fourth-order valence-electron chi connectivity index (χ4n) is 2.83. The predicted octanol–water partition coefficient (Wildman–Crippen LogP) is 4.52. The second-order valence-electron chi connectivity index (χ2n) is 6.50. The summed E-state index contributed by atoms with van der Waals surface area (Å²) >= 11 is 0. The molecule has 1 unspecified atom stereocenters. The van der Waals surface area contributed by atoms with Crippen LogP contribution in [-0.2, 0) is 0 Å². The van der Waals surface area contributed by atoms with Crippen LogP contribution in [0.25, 0.3) is 11.4 Å². The SMILES string of the molecule is Cc1ccc(-c2noc(C(C)Nc3ccc4c(c3)OCCCO4)n2)cc1F. The Labute approximate surface area is 156 Å². The molecule has 1 aliphatic heterocycles. The van der Waals surface area contributed by atoms with E-state index in [-0.39, 0.29) is 11.9 Å². The molecule has 1 atom stereocenters. The highest BCUT2D eigenvalue weighted by molar-refractivity contribution is 5.57. The molecule has 2 aromatic carbocycles. The van der Waals surface area contributed by atoms with Crippen molar-refractivity contribution in [1.82, 2.24) is 10.1 Å². The van der Waals surface area contributed by atoms with Gasteiger partial charge in [-0.25, -0.2) is 4.39 Å². The summed E-state index contributed by atoms with van der Waals surface area (Å²) in [5, 5.41) is 7.27. The van der Waals surface area contributed by atoms with Gasteiger partial charge in [-0.1, -0.05) is 17.3 Å². The number of hydrogen-bond acceptors (Lipinski definition) is 6. The number of benzene rings is 2. The minimum atomic E-state index is -0.294. The first-order valence-corrected chi connectivity index (χ1v) is 8.86. The van der Waals surface area contributed by atoms with Crippen molar-refractivity contribution in [2.75, 3.05) is 18.5 Å². The largest absolute Gasteiger partial charge is 0.490 e. The van der Waals surface area contributed by atoms with Gasteiger partial charge in [0.05, 0.1) is 13.2 Å². The Morgan fingerprint density at radius 3 is 2.70 bits per heavy atom. The quantitative estimate of drug-likeness (QED) is 0.729. The molecule has 0 saturated carbocycles. The minimum Gasteiger partial charge on any atom is -0.490 e. The zero-order chi connectivity index (χ0) is 18.8. The molecule has 1 aromatic heterocycles. The molecular weight excluding hydrogens is 349 g/mol. The van der Waals surface area contributed by atoms with Crippen LogP contribution >= 0.6 is 0 Å². The summed E-state index contributed by atoms with van der Waals surface area (Å²) in [6.45, 7) is 4.91. The maximum absolute atomic E-state index is 13.8. The van der Waals surface area contributed by atoms with E-state index in [1.807, 2.05) is 25.1 Å². The van der Waals surface area contributed by atoms with Crippen molar-refractivity contribution in [2.45, 2.75) is 26.3 Å². The van der Waals surface area contributed by atoms with E-state index < -0.39 is 0 Å². The van der Waals surface area contributed by atoms with E-state index in [9.17, 15) is 4.39 Å². The molecule has 1 aliphatic rings. The molecule has 6 nitrogen and oxygen atoms in total. The third kappa shape index (κ3) is 3.72. The Hall–Kier alpha value is -3.09. The number of nitrogens with zero attached hydrogens (tertiary/aromatic N) is 2. The fourth-order valence-corrected chi connectivity index (χ4v) is 2.83. The van der Waals surface area contributed by atoms with Gasteiger partial charge in [0.15, 0.2) is 11.5 Å². The molecule has 0 amide bonds. The summed E-state index contributed by atoms with van der Waals surface area (Å²) in [6, 6.07) is 10.3. The topological polar surface area (TPSA) is 69.4 Å². The van der Waals surface area contributed by atoms with E-state index in [4.69, 9.17) is 14.0 Å². The van der Waals surface area contributed by atoms with Gasteiger partial charge in [-0.3, -0.25) is 0 Å². The Morgan fingerprint density at radius 2 is 1.89 bits per heavy atom. The smallest absolute Gasteiger partial charge is 0.249 e. The second kappa shape index (κ2) is 7.26. The van der Waals surface area contributed by atoms with Gasteiger partial charge in [0.1, 0.15) is 11.9 Å². The standard InChI is InChI=1S/C20H20FN3O3/c1-12-4-5-14(10-16(12)21)19-23-20(27-24-19)13(2)22-15-6-7-17-18(11-15)26-9-3-8-25-17/h4-7,10-11,13,22H,3,8-9H2,1-2H3. The predicted molar refractivity (Wildman–Crippen MR) is 98.5 cm³/mol. The Kier molecular flexibility index (Phi) is 4.66. The summed E-state index contributed by atoms with van der Waals surface area (Å²) in [7, 11) is 0. The molecule has 7 heteroatoms. The number of fused-ring (bicyclic) bond motifs is 1. The lowest BCUT2D eigenvalue weighted by Crippen LogP contribution is -2.07. The maximum atomic E-state index is 13.8. The molecule has 0 spiro atoms. The highest BCUT2D eigenvalue weighted by atomic mass is 19.1. The molecule has 0 fully saturated rings. The number of aryl methyl sites for hydroxylation is 1. The average molecular weight is 369 g/mol. The van der Waals surface area contributed by atoms with Gasteiger partial charge in [0, 0.05) is 23.7 Å². The van der Waals surface area contributed by atoms with Crippen LogP contribution in [0.5, 0.6) is 11.5 Å². The van der Waals surface area contributed by atoms with E-state index in [0.29, 0.717) is 41.8 Å². The van der Waals surface area contributed by atoms with Crippen molar-refractivity contribution in [3.8, 4) is 22.9 Å². The van der Waals surface area contributed by atoms with Gasteiger partial charge < -0.3 is 19.3 Å². The number of anilines is 1. The molecule has 0 bridgehead atoms. The fraction of sp³-hybridized carbons (Fsp3) is 0.300. The number of hydrogen-bond donors (Lipinski definition) is 1. The molecule has 0 saturated heterocycles. The third-order valence-corrected chi connectivity index (χ3v) is 4.37. The van der Waals surface area contributed by atoms with Crippen LogP contribution in [0.15, 0.2) is 40.9 Å². The summed E-state index contributed by atoms with van der Waals surface area (Å²) in [5.41, 5.74) is 2.01. The molecule has 1 N–H and O–H groups in total. The molecule has 0 aliphatic carbocycles. The van der Waals surface area contributed by atoms with E-state index in [1.165, 1.54) is 6.07 Å². The first kappa shape index (κ1) is 17.3.